The molecule has 4 radical (unpaired) electrons. The topological polar surface area (TPSA) is 76.7 Å². The Morgan fingerprint density at radius 3 is 1.22 bits per heavy atom. The summed E-state index contributed by atoms with van der Waals surface area (Å²) < 4.78 is 8.53. The van der Waals surface area contributed by atoms with Crippen molar-refractivity contribution in [1.82, 2.24) is 10.6 Å². The van der Waals surface area contributed by atoms with Crippen molar-refractivity contribution in [2.45, 2.75) is 19.3 Å². The van der Waals surface area contributed by atoms with Gasteiger partial charge in [0.2, 0.25) is 0 Å². The molecule has 6 nitrogen and oxygen atoms in total. The van der Waals surface area contributed by atoms with Gasteiger partial charge >= 0.3 is 12.2 Å². The summed E-state index contributed by atoms with van der Waals surface area (Å²) in [7, 11) is 10.2. The molecule has 2 heterocycles. The average Bonchev–Trinajstić information content (AvgIpc) is 2.63. The van der Waals surface area contributed by atoms with Gasteiger partial charge in [0.15, 0.2) is 0 Å². The van der Waals surface area contributed by atoms with Gasteiger partial charge in [-0.25, -0.2) is 9.59 Å². The first-order valence-corrected chi connectivity index (χ1v) is 3.70. The van der Waals surface area contributed by atoms with E-state index in [0.29, 0.717) is 0 Å². The van der Waals surface area contributed by atoms with Gasteiger partial charge in [-0.3, -0.25) is 0 Å². The zero-order valence-electron chi connectivity index (χ0n) is 9.22. The van der Waals surface area contributed by atoms with Gasteiger partial charge in [-0.15, -0.1) is 13.2 Å². The number of hydrogen-bond acceptors (Lipinski definition) is 4. The van der Waals surface area contributed by atoms with Gasteiger partial charge in [0.1, 0.15) is 0 Å². The van der Waals surface area contributed by atoms with Crippen LogP contribution in [-0.2, 0) is 9.47 Å². The van der Waals surface area contributed by atoms with E-state index in [1.807, 2.05) is 0 Å². The van der Waals surface area contributed by atoms with Crippen LogP contribution in [0.25, 0.3) is 0 Å². The van der Waals surface area contributed by atoms with Crippen LogP contribution in [0.3, 0.4) is 0 Å². The number of ether oxygens (including phenoxy) is 2. The van der Waals surface area contributed by atoms with Crippen LogP contribution in [0.1, 0.15) is 7.43 Å². The molecule has 2 rings (SSSR count). The number of amides is 2. The van der Waals surface area contributed by atoms with Crippen LogP contribution >= 0.6 is 0 Å². The van der Waals surface area contributed by atoms with Crippen molar-refractivity contribution in [2.24, 2.45) is 0 Å². The van der Waals surface area contributed by atoms with Crippen LogP contribution in [0, 0.1) is 13.2 Å². The van der Waals surface area contributed by atoms with Gasteiger partial charge in [-0.05, 0) is 0 Å². The summed E-state index contributed by atoms with van der Waals surface area (Å²) in [6.07, 6.45) is -0.958. The molecule has 2 aliphatic rings. The molecule has 2 aliphatic heterocycles. The zero-order chi connectivity index (χ0) is 10.6. The second-order valence-electron chi connectivity index (χ2n) is 2.42. The Morgan fingerprint density at radius 2 is 1.17 bits per heavy atom. The Hall–Kier alpha value is -4.33. The Labute approximate surface area is 90.9 Å². The van der Waals surface area contributed by atoms with Crippen molar-refractivity contribution in [3.8, 4) is 0 Å². The molecule has 2 atom stereocenters. The molecule has 86 valence electrons. The molecule has 0 bridgehead atoms. The second-order valence-corrected chi connectivity index (χ2v) is 2.42. The molecule has 2 saturated heterocycles. The maximum atomic E-state index is 10.0. The fourth-order valence-electron chi connectivity index (χ4n) is 0.678. The van der Waals surface area contributed by atoms with E-state index in [1.54, 1.807) is 0 Å². The molecule has 11 heteroatoms. The van der Waals surface area contributed by atoms with Crippen LogP contribution in [0.5, 0.6) is 0 Å². The summed E-state index contributed by atoms with van der Waals surface area (Å²) >= 11 is 0. The second kappa shape index (κ2) is 9.23. The molecule has 2 N–H and O–H groups in total. The van der Waals surface area contributed by atoms with E-state index in [-0.39, 0.29) is 7.43 Å². The molecular weight excluding hydrogens is 999 g/mol. The number of rotatable bonds is 0. The van der Waals surface area contributed by atoms with Crippen LogP contribution < -0.4 is 10.6 Å². The van der Waals surface area contributed by atoms with Crippen molar-refractivity contribution < 1.29 is 19.1 Å². The van der Waals surface area contributed by atoms with Crippen LogP contribution in [0.15, 0.2) is 0 Å². The number of carbonyl (C=O) groups excluding carboxylic acids is 2. The summed E-state index contributed by atoms with van der Waals surface area (Å²) in [5.41, 5.74) is 0. The van der Waals surface area contributed by atoms with Crippen molar-refractivity contribution in [1.29, 1.82) is 0 Å². The molecule has 0 aromatic heterocycles. The number of cyclic esters (lactones) is 2. The fraction of sp³-hybridized carbons (Fsp3) is 0.429. The zero-order valence-corrected chi connectivity index (χ0v) is 28.4. The first kappa shape index (κ1) is 23.5. The van der Waals surface area contributed by atoms with Gasteiger partial charge in [0, 0.05) is 0 Å². The summed E-state index contributed by atoms with van der Waals surface area (Å²) in [6.45, 7) is 2.48. The van der Waals surface area contributed by atoms with Crippen molar-refractivity contribution in [3.63, 3.8) is 0 Å². The summed E-state index contributed by atoms with van der Waals surface area (Å²) in [4.78, 5) is 20.0. The van der Waals surface area contributed by atoms with E-state index in [9.17, 15) is 9.59 Å². The van der Waals surface area contributed by atoms with E-state index in [1.165, 1.54) is 13.2 Å². The SMILES string of the molecule is C.[B][C@H]1[CH-]OC(=O)N1.[B][C@H]1[CH-]OC(=O)N1.[Rf].[Rf].[Rf]. The molecule has 0 spiro atoms. The minimum Gasteiger partial charge on any atom is -0.620 e. The minimum absolute atomic E-state index is 0. The van der Waals surface area contributed by atoms with E-state index in [0.717, 1.165) is 0 Å². The molecule has 0 saturated carbocycles. The van der Waals surface area contributed by atoms with Crippen LogP contribution in [0.4, 0.5) is 9.59 Å². The van der Waals surface area contributed by atoms with Gasteiger partial charge in [-0.1, -0.05) is 19.3 Å². The largest absolute Gasteiger partial charge is 0.620 e. The first-order valence-electron chi connectivity index (χ1n) is 3.70. The van der Waals surface area contributed by atoms with Crippen molar-refractivity contribution >= 4 is 27.9 Å². The third kappa shape index (κ3) is 7.11. The van der Waals surface area contributed by atoms with Gasteiger partial charge in [0.25, 0.3) is 0 Å². The molecule has 18 heavy (non-hydrogen) atoms. The predicted molar refractivity (Wildman–Crippen MR) is 53.6 cm³/mol. The summed E-state index contributed by atoms with van der Waals surface area (Å²) in [5, 5.41) is 4.56. The molecule has 2 amide bonds. The maximum absolute atomic E-state index is 10.0. The fourth-order valence-corrected chi connectivity index (χ4v) is 0.678. The minimum atomic E-state index is -0.479. The van der Waals surface area contributed by atoms with Gasteiger partial charge in [0.05, 0.1) is 15.7 Å². The van der Waals surface area contributed by atoms with Crippen LogP contribution in [-0.4, -0.2) is 39.8 Å². The predicted octanol–water partition coefficient (Wildman–Crippen LogP) is -0.599. The number of hydrogen-bond donors (Lipinski definition) is 2. The smallest absolute Gasteiger partial charge is 0.372 e. The summed E-state index contributed by atoms with van der Waals surface area (Å²) in [6, 6.07) is 0. The van der Waals surface area contributed by atoms with Crippen LogP contribution in [0.2, 0.25) is 0 Å². The maximum Gasteiger partial charge on any atom is 0.372 e. The third-order valence-corrected chi connectivity index (χ3v) is 1.21. The normalized spacial score (nSPS) is 22.7. The van der Waals surface area contributed by atoms with Crippen molar-refractivity contribution in [2.75, 3.05) is 0 Å². The Morgan fingerprint density at radius 1 is 0.889 bits per heavy atom. The molecule has 0 aliphatic carbocycles. The quantitative estimate of drug-likeness (QED) is 0.252. The van der Waals surface area contributed by atoms with Gasteiger partial charge in [-0.2, -0.15) is 0 Å². The number of nitrogens with one attached hydrogen (secondary N) is 2. The molecule has 0 aromatic carbocycles. The molecule has 0 aromatic rings. The Kier molecular flexibility index (Phi) is 12.0. The van der Waals surface area contributed by atoms with E-state index >= 15 is 0 Å². The molecular formula is C7H10B2N2O4Rf3-2. The third-order valence-electron chi connectivity index (χ3n) is 1.21. The number of carbonyl (C=O) groups is 2. The molecule has 2 fully saturated rings. The number of alkyl carbamates (subject to hydrolysis) is 2. The van der Waals surface area contributed by atoms with E-state index < -0.39 is 24.1 Å². The first-order chi connectivity index (χ1) is 6.58. The monoisotopic (exact) mass is 1010 g/mol. The van der Waals surface area contributed by atoms with Crippen molar-refractivity contribution in [3.05, 3.63) is 13.2 Å². The van der Waals surface area contributed by atoms with E-state index in [4.69, 9.17) is 15.7 Å². The van der Waals surface area contributed by atoms with E-state index in [2.05, 4.69) is 20.1 Å². The standard InChI is InChI=1S/2C3H3BNO2.CH4.3Rf/c2*4-2-1-7-3(6)5-2;;;;/h2*1-2H,(H,5,6);1H4;;;/q2*-1;;;;/t2*2-;;;;/m11..../s1. The Balaban J connectivity index is -0.0000000891. The van der Waals surface area contributed by atoms with Gasteiger partial charge < -0.3 is 20.1 Å². The average molecular weight is 1010 g/mol. The summed E-state index contributed by atoms with van der Waals surface area (Å²) in [5.74, 6) is -0.847. The Bertz CT molecular complexity index is 227. The molecule has 0 unspecified atom stereocenters.